The van der Waals surface area contributed by atoms with E-state index >= 15 is 0 Å². The number of hydrogen-bond acceptors (Lipinski definition) is 3. The van der Waals surface area contributed by atoms with Crippen LogP contribution in [0.15, 0.2) is 54.9 Å². The van der Waals surface area contributed by atoms with Crippen molar-refractivity contribution in [2.75, 3.05) is 6.61 Å². The van der Waals surface area contributed by atoms with Crippen LogP contribution < -0.4 is 0 Å². The SMILES string of the molecule is O=C(c1cn2cc(Cl)ccc2n1)N1[C@H]2CC[C@@H]1[C@@](CO)(Cc1ccccc1)C2. The Labute approximate surface area is 168 Å². The Morgan fingerprint density at radius 3 is 2.79 bits per heavy atom. The number of fused-ring (bicyclic) bond motifs is 3. The van der Waals surface area contributed by atoms with Gasteiger partial charge < -0.3 is 14.4 Å². The van der Waals surface area contributed by atoms with E-state index in [-0.39, 0.29) is 30.0 Å². The summed E-state index contributed by atoms with van der Waals surface area (Å²) in [5.74, 6) is -0.0456. The van der Waals surface area contributed by atoms with E-state index in [1.54, 1.807) is 22.9 Å². The molecule has 2 saturated heterocycles. The zero-order valence-corrected chi connectivity index (χ0v) is 16.2. The quantitative estimate of drug-likeness (QED) is 0.734. The van der Waals surface area contributed by atoms with E-state index in [0.29, 0.717) is 16.4 Å². The minimum atomic E-state index is -0.275. The monoisotopic (exact) mass is 395 g/mol. The molecule has 0 spiro atoms. The number of carbonyl (C=O) groups is 1. The Bertz CT molecular complexity index is 1030. The molecule has 5 nitrogen and oxygen atoms in total. The number of halogens is 1. The molecular weight excluding hydrogens is 374 g/mol. The maximum atomic E-state index is 13.4. The van der Waals surface area contributed by atoms with Crippen LogP contribution in [-0.4, -0.2) is 44.0 Å². The lowest BCUT2D eigenvalue weighted by atomic mass is 9.70. The molecule has 0 aliphatic carbocycles. The van der Waals surface area contributed by atoms with Crippen LogP contribution in [0.4, 0.5) is 0 Å². The summed E-state index contributed by atoms with van der Waals surface area (Å²) in [5, 5.41) is 10.9. The van der Waals surface area contributed by atoms with Crippen molar-refractivity contribution in [1.29, 1.82) is 0 Å². The highest BCUT2D eigenvalue weighted by molar-refractivity contribution is 6.30. The average molecular weight is 396 g/mol. The van der Waals surface area contributed by atoms with Crippen molar-refractivity contribution in [1.82, 2.24) is 14.3 Å². The number of aliphatic hydroxyl groups is 1. The maximum Gasteiger partial charge on any atom is 0.274 e. The number of amides is 1. The van der Waals surface area contributed by atoms with Gasteiger partial charge in [0.25, 0.3) is 5.91 Å². The second kappa shape index (κ2) is 6.61. The molecule has 5 rings (SSSR count). The van der Waals surface area contributed by atoms with Gasteiger partial charge in [-0.15, -0.1) is 0 Å². The van der Waals surface area contributed by atoms with Gasteiger partial charge in [-0.05, 0) is 43.4 Å². The van der Waals surface area contributed by atoms with Crippen LogP contribution in [0.25, 0.3) is 5.65 Å². The predicted octanol–water partition coefficient (Wildman–Crippen LogP) is 3.59. The molecule has 2 aliphatic rings. The molecule has 2 aliphatic heterocycles. The summed E-state index contributed by atoms with van der Waals surface area (Å²) in [6.45, 7) is 0.0909. The Hall–Kier alpha value is -2.37. The van der Waals surface area contributed by atoms with Crippen LogP contribution in [-0.2, 0) is 6.42 Å². The average Bonchev–Trinajstić information content (AvgIpc) is 3.39. The molecule has 3 aromatic rings. The van der Waals surface area contributed by atoms with E-state index in [2.05, 4.69) is 17.1 Å². The number of aromatic nitrogens is 2. The summed E-state index contributed by atoms with van der Waals surface area (Å²) in [6, 6.07) is 14.0. The molecule has 2 fully saturated rings. The Morgan fingerprint density at radius 2 is 2.00 bits per heavy atom. The molecule has 0 radical (unpaired) electrons. The van der Waals surface area contributed by atoms with Crippen molar-refractivity contribution < 1.29 is 9.90 Å². The predicted molar refractivity (Wildman–Crippen MR) is 107 cm³/mol. The summed E-state index contributed by atoms with van der Waals surface area (Å²) in [5.41, 5.74) is 2.08. The van der Waals surface area contributed by atoms with Crippen molar-refractivity contribution in [3.05, 3.63) is 71.1 Å². The van der Waals surface area contributed by atoms with Gasteiger partial charge >= 0.3 is 0 Å². The molecular formula is C22H22ClN3O2. The lowest BCUT2D eigenvalue weighted by Gasteiger charge is -2.36. The standard InChI is InChI=1S/C22H22ClN3O2/c23-16-6-9-20-24-18(13-25(20)12-16)21(28)26-17-7-8-19(26)22(11-17,14-27)10-15-4-2-1-3-5-15/h1-6,9,12-13,17,19,27H,7-8,10-11,14H2/t17-,19+,22-/m0/s1. The summed E-state index contributed by atoms with van der Waals surface area (Å²) < 4.78 is 1.79. The molecule has 6 heteroatoms. The van der Waals surface area contributed by atoms with Gasteiger partial charge in [0.15, 0.2) is 0 Å². The molecule has 4 heterocycles. The summed E-state index contributed by atoms with van der Waals surface area (Å²) in [4.78, 5) is 19.8. The Kier molecular flexibility index (Phi) is 4.18. The summed E-state index contributed by atoms with van der Waals surface area (Å²) in [7, 11) is 0. The molecule has 2 bridgehead atoms. The van der Waals surface area contributed by atoms with Crippen LogP contribution in [0.1, 0.15) is 35.3 Å². The fraction of sp³-hybridized carbons (Fsp3) is 0.364. The van der Waals surface area contributed by atoms with Crippen molar-refractivity contribution >= 4 is 23.2 Å². The molecule has 144 valence electrons. The third-order valence-corrected chi connectivity index (χ3v) is 6.66. The smallest absolute Gasteiger partial charge is 0.274 e. The third kappa shape index (κ3) is 2.73. The van der Waals surface area contributed by atoms with Crippen LogP contribution in [0, 0.1) is 5.41 Å². The second-order valence-electron chi connectivity index (χ2n) is 8.09. The van der Waals surface area contributed by atoms with E-state index in [4.69, 9.17) is 11.6 Å². The van der Waals surface area contributed by atoms with E-state index in [0.717, 1.165) is 25.7 Å². The van der Waals surface area contributed by atoms with Gasteiger partial charge in [-0.25, -0.2) is 4.98 Å². The highest BCUT2D eigenvalue weighted by atomic mass is 35.5. The number of aliphatic hydroxyl groups excluding tert-OH is 1. The minimum absolute atomic E-state index is 0.0450. The summed E-state index contributed by atoms with van der Waals surface area (Å²) >= 11 is 6.05. The van der Waals surface area contributed by atoms with Crippen molar-refractivity contribution in [2.45, 2.75) is 37.8 Å². The molecule has 3 atom stereocenters. The first-order chi connectivity index (χ1) is 13.6. The van der Waals surface area contributed by atoms with Gasteiger partial charge in [0.05, 0.1) is 11.6 Å². The Balaban J connectivity index is 1.46. The number of hydrogen-bond donors (Lipinski definition) is 1. The number of carbonyl (C=O) groups excluding carboxylic acids is 1. The van der Waals surface area contributed by atoms with E-state index in [1.165, 1.54) is 5.56 Å². The molecule has 0 unspecified atom stereocenters. The van der Waals surface area contributed by atoms with Gasteiger partial charge in [0.2, 0.25) is 0 Å². The fourth-order valence-corrected chi connectivity index (χ4v) is 5.38. The number of pyridine rings is 1. The largest absolute Gasteiger partial charge is 0.396 e. The number of imidazole rings is 1. The molecule has 0 saturated carbocycles. The lowest BCUT2D eigenvalue weighted by Crippen LogP contribution is -2.44. The van der Waals surface area contributed by atoms with Crippen molar-refractivity contribution in [3.63, 3.8) is 0 Å². The Morgan fingerprint density at radius 1 is 1.18 bits per heavy atom. The van der Waals surface area contributed by atoms with E-state index < -0.39 is 0 Å². The van der Waals surface area contributed by atoms with E-state index in [9.17, 15) is 9.90 Å². The van der Waals surface area contributed by atoms with Crippen molar-refractivity contribution in [3.8, 4) is 0 Å². The van der Waals surface area contributed by atoms with Gasteiger partial charge in [-0.2, -0.15) is 0 Å². The zero-order chi connectivity index (χ0) is 19.3. The first-order valence-electron chi connectivity index (χ1n) is 9.71. The zero-order valence-electron chi connectivity index (χ0n) is 15.5. The normalized spacial score (nSPS) is 26.3. The topological polar surface area (TPSA) is 57.8 Å². The fourth-order valence-electron chi connectivity index (χ4n) is 5.22. The van der Waals surface area contributed by atoms with Crippen LogP contribution in [0.2, 0.25) is 5.02 Å². The first-order valence-corrected chi connectivity index (χ1v) is 10.1. The number of benzene rings is 1. The van der Waals surface area contributed by atoms with Gasteiger partial charge in [-0.3, -0.25) is 4.79 Å². The van der Waals surface area contributed by atoms with E-state index in [1.807, 2.05) is 29.2 Å². The molecule has 1 aromatic carbocycles. The third-order valence-electron chi connectivity index (χ3n) is 6.43. The highest BCUT2D eigenvalue weighted by Crippen LogP contribution is 2.51. The second-order valence-corrected chi connectivity index (χ2v) is 8.52. The molecule has 2 aromatic heterocycles. The highest BCUT2D eigenvalue weighted by Gasteiger charge is 2.57. The van der Waals surface area contributed by atoms with Gasteiger partial charge in [0, 0.05) is 29.9 Å². The van der Waals surface area contributed by atoms with Crippen LogP contribution in [0.3, 0.4) is 0 Å². The van der Waals surface area contributed by atoms with Crippen molar-refractivity contribution in [2.24, 2.45) is 5.41 Å². The van der Waals surface area contributed by atoms with Gasteiger partial charge in [0.1, 0.15) is 11.3 Å². The lowest BCUT2D eigenvalue weighted by molar-refractivity contribution is 0.0567. The number of rotatable bonds is 4. The molecule has 28 heavy (non-hydrogen) atoms. The maximum absolute atomic E-state index is 13.4. The number of nitrogens with zero attached hydrogens (tertiary/aromatic N) is 3. The minimum Gasteiger partial charge on any atom is -0.396 e. The molecule has 1 amide bonds. The summed E-state index contributed by atoms with van der Waals surface area (Å²) in [6.07, 6.45) is 7.06. The van der Waals surface area contributed by atoms with Crippen LogP contribution in [0.5, 0.6) is 0 Å². The van der Waals surface area contributed by atoms with Crippen LogP contribution >= 0.6 is 11.6 Å². The van der Waals surface area contributed by atoms with Gasteiger partial charge in [-0.1, -0.05) is 41.9 Å². The molecule has 1 N–H and O–H groups in total. The first kappa shape index (κ1) is 17.7.